The molecule has 2 rings (SSSR count). The Bertz CT molecular complexity index is 609. The van der Waals surface area contributed by atoms with Gasteiger partial charge in [-0.1, -0.05) is 41.4 Å². The number of hydrogen-bond donors (Lipinski definition) is 3. The zero-order chi connectivity index (χ0) is 14.5. The van der Waals surface area contributed by atoms with E-state index in [0.29, 0.717) is 11.4 Å². The Hall–Kier alpha value is -1.82. The van der Waals surface area contributed by atoms with Crippen LogP contribution in [-0.4, -0.2) is 5.96 Å². The third kappa shape index (κ3) is 3.60. The lowest BCUT2D eigenvalue weighted by atomic mass is 10.3. The summed E-state index contributed by atoms with van der Waals surface area (Å²) in [6, 6.07) is 12.0. The molecule has 0 fully saturated rings. The molecule has 0 saturated heterocycles. The van der Waals surface area contributed by atoms with Crippen LogP contribution >= 0.6 is 23.2 Å². The van der Waals surface area contributed by atoms with Crippen molar-refractivity contribution in [1.29, 1.82) is 0 Å². The van der Waals surface area contributed by atoms with Crippen molar-refractivity contribution in [1.82, 2.24) is 5.43 Å². The maximum atomic E-state index is 13.3. The zero-order valence-corrected chi connectivity index (χ0v) is 11.7. The van der Waals surface area contributed by atoms with Crippen molar-refractivity contribution >= 4 is 40.5 Å². The van der Waals surface area contributed by atoms with Crippen molar-refractivity contribution in [2.75, 3.05) is 5.32 Å². The topological polar surface area (TPSA) is 62.4 Å². The number of aliphatic imine (C=N–C) groups is 1. The van der Waals surface area contributed by atoms with E-state index in [1.807, 2.05) is 30.3 Å². The smallest absolute Gasteiger partial charge is 0.215 e. The molecule has 0 unspecified atom stereocenters. The van der Waals surface area contributed by atoms with Crippen LogP contribution in [-0.2, 0) is 0 Å². The molecule has 0 aromatic heterocycles. The number of para-hydroxylation sites is 1. The molecule has 0 heterocycles. The van der Waals surface area contributed by atoms with Gasteiger partial charge < -0.3 is 5.32 Å². The van der Waals surface area contributed by atoms with E-state index >= 15 is 0 Å². The molecule has 104 valence electrons. The van der Waals surface area contributed by atoms with E-state index < -0.39 is 5.82 Å². The van der Waals surface area contributed by atoms with Gasteiger partial charge in [-0.15, -0.1) is 0 Å². The van der Waals surface area contributed by atoms with Gasteiger partial charge in [0, 0.05) is 5.69 Å². The van der Waals surface area contributed by atoms with Gasteiger partial charge in [0.25, 0.3) is 0 Å². The first-order valence-electron chi connectivity index (χ1n) is 5.62. The lowest BCUT2D eigenvalue weighted by Gasteiger charge is -2.10. The van der Waals surface area contributed by atoms with Crippen LogP contribution in [0.3, 0.4) is 0 Å². The second-order valence-electron chi connectivity index (χ2n) is 3.82. The van der Waals surface area contributed by atoms with Gasteiger partial charge in [-0.05, 0) is 24.3 Å². The highest BCUT2D eigenvalue weighted by Crippen LogP contribution is 2.27. The summed E-state index contributed by atoms with van der Waals surface area (Å²) in [4.78, 5) is 4.24. The number of anilines is 1. The van der Waals surface area contributed by atoms with Crippen molar-refractivity contribution in [2.45, 2.75) is 0 Å². The van der Waals surface area contributed by atoms with Gasteiger partial charge in [-0.3, -0.25) is 5.43 Å². The Kier molecular flexibility index (Phi) is 4.79. The molecular formula is C13H11Cl2FN4. The molecule has 0 amide bonds. The van der Waals surface area contributed by atoms with E-state index in [0.717, 1.165) is 0 Å². The fourth-order valence-electron chi connectivity index (χ4n) is 1.49. The standard InChI is InChI=1S/C13H11Cl2FN4/c14-10-6-9(7-11(15)12(10)16)19-13(20-17)18-8-4-2-1-3-5-8/h1-7H,17H2,(H2,18,19,20). The van der Waals surface area contributed by atoms with Gasteiger partial charge in [0.1, 0.15) is 0 Å². The summed E-state index contributed by atoms with van der Waals surface area (Å²) in [6.45, 7) is 0. The summed E-state index contributed by atoms with van der Waals surface area (Å²) in [6.07, 6.45) is 0. The second kappa shape index (κ2) is 6.56. The molecule has 2 aromatic carbocycles. The molecule has 0 spiro atoms. The number of nitrogens with zero attached hydrogens (tertiary/aromatic N) is 1. The number of halogens is 3. The molecule has 2 aromatic rings. The average molecular weight is 313 g/mol. The molecule has 0 bridgehead atoms. The molecule has 0 saturated carbocycles. The van der Waals surface area contributed by atoms with Crippen LogP contribution < -0.4 is 16.6 Å². The van der Waals surface area contributed by atoms with Crippen LogP contribution in [0.15, 0.2) is 47.5 Å². The summed E-state index contributed by atoms with van der Waals surface area (Å²) in [5.74, 6) is 5.00. The van der Waals surface area contributed by atoms with E-state index in [-0.39, 0.29) is 16.0 Å². The Morgan fingerprint density at radius 2 is 1.70 bits per heavy atom. The van der Waals surface area contributed by atoms with Gasteiger partial charge in [0.2, 0.25) is 5.96 Å². The van der Waals surface area contributed by atoms with Gasteiger partial charge in [0.05, 0.1) is 15.7 Å². The highest BCUT2D eigenvalue weighted by molar-refractivity contribution is 6.35. The van der Waals surface area contributed by atoms with Crippen molar-refractivity contribution in [3.63, 3.8) is 0 Å². The van der Waals surface area contributed by atoms with E-state index in [1.54, 1.807) is 0 Å². The quantitative estimate of drug-likeness (QED) is 0.260. The van der Waals surface area contributed by atoms with E-state index in [1.165, 1.54) is 12.1 Å². The minimum absolute atomic E-state index is 0.0870. The Balaban J connectivity index is 2.25. The summed E-state index contributed by atoms with van der Waals surface area (Å²) < 4.78 is 13.3. The van der Waals surface area contributed by atoms with Crippen LogP contribution in [0.2, 0.25) is 10.0 Å². The lowest BCUT2D eigenvalue weighted by molar-refractivity contribution is 0.629. The highest BCUT2D eigenvalue weighted by atomic mass is 35.5. The van der Waals surface area contributed by atoms with Crippen molar-refractivity contribution in [3.05, 3.63) is 58.3 Å². The van der Waals surface area contributed by atoms with E-state index in [4.69, 9.17) is 29.0 Å². The van der Waals surface area contributed by atoms with Crippen molar-refractivity contribution in [3.8, 4) is 0 Å². The molecule has 7 heteroatoms. The maximum Gasteiger partial charge on any atom is 0.215 e. The number of nitrogens with one attached hydrogen (secondary N) is 2. The van der Waals surface area contributed by atoms with Gasteiger partial charge >= 0.3 is 0 Å². The number of nitrogens with two attached hydrogens (primary N) is 1. The largest absolute Gasteiger partial charge is 0.325 e. The average Bonchev–Trinajstić information content (AvgIpc) is 2.45. The monoisotopic (exact) mass is 312 g/mol. The van der Waals surface area contributed by atoms with Gasteiger partial charge in [-0.25, -0.2) is 15.2 Å². The minimum atomic E-state index is -0.666. The predicted octanol–water partition coefficient (Wildman–Crippen LogP) is 3.70. The molecule has 0 aliphatic heterocycles. The summed E-state index contributed by atoms with van der Waals surface area (Å²) >= 11 is 11.4. The van der Waals surface area contributed by atoms with Crippen LogP contribution in [0.25, 0.3) is 0 Å². The molecule has 0 atom stereocenters. The SMILES string of the molecule is NNC(=Nc1ccccc1)Nc1cc(Cl)c(F)c(Cl)c1. The lowest BCUT2D eigenvalue weighted by Crippen LogP contribution is -2.36. The molecule has 0 aliphatic carbocycles. The van der Waals surface area contributed by atoms with Gasteiger partial charge in [-0.2, -0.15) is 0 Å². The second-order valence-corrected chi connectivity index (χ2v) is 4.63. The Morgan fingerprint density at radius 1 is 1.10 bits per heavy atom. The first-order valence-corrected chi connectivity index (χ1v) is 6.37. The highest BCUT2D eigenvalue weighted by Gasteiger charge is 2.08. The molecule has 0 radical (unpaired) electrons. The maximum absolute atomic E-state index is 13.3. The third-order valence-corrected chi connectivity index (χ3v) is 2.93. The van der Waals surface area contributed by atoms with Gasteiger partial charge in [0.15, 0.2) is 5.82 Å². The zero-order valence-electron chi connectivity index (χ0n) is 10.2. The minimum Gasteiger partial charge on any atom is -0.325 e. The van der Waals surface area contributed by atoms with Crippen molar-refractivity contribution < 1.29 is 4.39 Å². The number of guanidine groups is 1. The fourth-order valence-corrected chi connectivity index (χ4v) is 1.98. The van der Waals surface area contributed by atoms with Crippen LogP contribution in [0.1, 0.15) is 0 Å². The Morgan fingerprint density at radius 3 is 2.25 bits per heavy atom. The van der Waals surface area contributed by atoms with E-state index in [9.17, 15) is 4.39 Å². The summed E-state index contributed by atoms with van der Waals surface area (Å²) in [5.41, 5.74) is 3.58. The fraction of sp³-hybridized carbons (Fsp3) is 0. The first kappa shape index (κ1) is 14.6. The number of hydrogen-bond acceptors (Lipinski definition) is 2. The predicted molar refractivity (Wildman–Crippen MR) is 80.9 cm³/mol. The van der Waals surface area contributed by atoms with Crippen LogP contribution in [0.5, 0.6) is 0 Å². The summed E-state index contributed by atoms with van der Waals surface area (Å²) in [7, 11) is 0. The number of rotatable bonds is 2. The van der Waals surface area contributed by atoms with Crippen LogP contribution in [0.4, 0.5) is 15.8 Å². The first-order chi connectivity index (χ1) is 9.60. The molecule has 4 nitrogen and oxygen atoms in total. The number of hydrazine groups is 1. The molecule has 20 heavy (non-hydrogen) atoms. The van der Waals surface area contributed by atoms with E-state index in [2.05, 4.69) is 15.7 Å². The molecular weight excluding hydrogens is 302 g/mol. The normalized spacial score (nSPS) is 11.3. The Labute approximate surface area is 125 Å². The van der Waals surface area contributed by atoms with Crippen LogP contribution in [0, 0.1) is 5.82 Å². The summed E-state index contributed by atoms with van der Waals surface area (Å²) in [5, 5.41) is 2.69. The molecule has 0 aliphatic rings. The number of benzene rings is 2. The third-order valence-electron chi connectivity index (χ3n) is 2.38. The van der Waals surface area contributed by atoms with Crippen molar-refractivity contribution in [2.24, 2.45) is 10.8 Å². The molecule has 4 N–H and O–H groups in total.